The first-order chi connectivity index (χ1) is 11.4. The van der Waals surface area contributed by atoms with E-state index in [9.17, 15) is 14.0 Å². The van der Waals surface area contributed by atoms with Crippen molar-refractivity contribution in [3.05, 3.63) is 35.6 Å². The van der Waals surface area contributed by atoms with Crippen LogP contribution in [0.5, 0.6) is 0 Å². The van der Waals surface area contributed by atoms with E-state index in [-0.39, 0.29) is 30.1 Å². The zero-order valence-corrected chi connectivity index (χ0v) is 14.2. The highest BCUT2D eigenvalue weighted by Crippen LogP contribution is 2.32. The van der Waals surface area contributed by atoms with Gasteiger partial charge < -0.3 is 9.80 Å². The number of fused-ring (bicyclic) bond motifs is 1. The van der Waals surface area contributed by atoms with Gasteiger partial charge in [0.15, 0.2) is 0 Å². The maximum atomic E-state index is 13.0. The van der Waals surface area contributed by atoms with Gasteiger partial charge in [0, 0.05) is 40.3 Å². The maximum Gasteiger partial charge on any atom is 0.241 e. The van der Waals surface area contributed by atoms with Crippen molar-refractivity contribution in [3.63, 3.8) is 0 Å². The molecule has 0 spiro atoms. The van der Waals surface area contributed by atoms with Gasteiger partial charge in [-0.15, -0.1) is 0 Å². The molecule has 2 fully saturated rings. The molecule has 3 rings (SSSR count). The number of benzene rings is 1. The monoisotopic (exact) mass is 333 g/mol. The van der Waals surface area contributed by atoms with Gasteiger partial charge >= 0.3 is 0 Å². The molecule has 2 aliphatic rings. The van der Waals surface area contributed by atoms with Gasteiger partial charge in [0.2, 0.25) is 11.8 Å². The van der Waals surface area contributed by atoms with E-state index in [1.54, 1.807) is 31.1 Å². The van der Waals surface area contributed by atoms with Crippen molar-refractivity contribution in [2.45, 2.75) is 13.0 Å². The average molecular weight is 333 g/mol. The summed E-state index contributed by atoms with van der Waals surface area (Å²) in [7, 11) is 3.42. The Hall–Kier alpha value is -1.95. The molecular weight excluding hydrogens is 309 g/mol. The summed E-state index contributed by atoms with van der Waals surface area (Å²) in [5.74, 6) is 0.175. The minimum Gasteiger partial charge on any atom is -0.347 e. The van der Waals surface area contributed by atoms with Crippen molar-refractivity contribution >= 4 is 11.8 Å². The number of hydrogen-bond acceptors (Lipinski definition) is 3. The third-order valence-corrected chi connectivity index (χ3v) is 5.06. The Balaban J connectivity index is 1.60. The van der Waals surface area contributed by atoms with E-state index in [0.717, 1.165) is 25.1 Å². The summed E-state index contributed by atoms with van der Waals surface area (Å²) < 4.78 is 13.0. The van der Waals surface area contributed by atoms with Crippen LogP contribution >= 0.6 is 0 Å². The van der Waals surface area contributed by atoms with Gasteiger partial charge in [0.25, 0.3) is 0 Å². The van der Waals surface area contributed by atoms with E-state index >= 15 is 0 Å². The lowest BCUT2D eigenvalue weighted by Crippen LogP contribution is -2.49. The van der Waals surface area contributed by atoms with E-state index in [0.29, 0.717) is 19.0 Å². The second-order valence-corrected chi connectivity index (χ2v) is 7.02. The summed E-state index contributed by atoms with van der Waals surface area (Å²) in [5.41, 5.74) is 1.06. The zero-order valence-electron chi connectivity index (χ0n) is 14.2. The Morgan fingerprint density at radius 1 is 1.25 bits per heavy atom. The first-order valence-corrected chi connectivity index (χ1v) is 8.40. The molecule has 2 atom stereocenters. The van der Waals surface area contributed by atoms with Crippen LogP contribution in [0.2, 0.25) is 0 Å². The zero-order chi connectivity index (χ0) is 17.3. The van der Waals surface area contributed by atoms with Crippen molar-refractivity contribution in [2.24, 2.45) is 11.8 Å². The molecule has 0 saturated carbocycles. The van der Waals surface area contributed by atoms with Crippen molar-refractivity contribution < 1.29 is 14.0 Å². The van der Waals surface area contributed by atoms with Crippen LogP contribution in [0.1, 0.15) is 12.0 Å². The van der Waals surface area contributed by atoms with Gasteiger partial charge in [-0.3, -0.25) is 14.5 Å². The number of piperidine rings is 1. The van der Waals surface area contributed by atoms with Crippen LogP contribution in [0.3, 0.4) is 0 Å². The highest BCUT2D eigenvalue weighted by Gasteiger charge is 2.43. The van der Waals surface area contributed by atoms with Crippen molar-refractivity contribution in [1.29, 1.82) is 0 Å². The van der Waals surface area contributed by atoms with Crippen LogP contribution in [-0.2, 0) is 16.1 Å². The fraction of sp³-hybridized carbons (Fsp3) is 0.556. The average Bonchev–Trinajstić information content (AvgIpc) is 2.95. The molecule has 2 aliphatic heterocycles. The Labute approximate surface area is 142 Å². The van der Waals surface area contributed by atoms with Crippen molar-refractivity contribution in [3.8, 4) is 0 Å². The van der Waals surface area contributed by atoms with Gasteiger partial charge in [-0.2, -0.15) is 0 Å². The highest BCUT2D eigenvalue weighted by molar-refractivity contribution is 5.86. The topological polar surface area (TPSA) is 43.9 Å². The van der Waals surface area contributed by atoms with Crippen LogP contribution in [0.4, 0.5) is 4.39 Å². The Kier molecular flexibility index (Phi) is 4.85. The number of nitrogens with zero attached hydrogens (tertiary/aromatic N) is 3. The minimum absolute atomic E-state index is 0.0193. The largest absolute Gasteiger partial charge is 0.347 e. The number of likely N-dealkylation sites (tertiary alicyclic amines) is 2. The van der Waals surface area contributed by atoms with Crippen molar-refractivity contribution in [2.75, 3.05) is 40.3 Å². The van der Waals surface area contributed by atoms with Crippen LogP contribution in [0.25, 0.3) is 0 Å². The second kappa shape index (κ2) is 6.89. The number of carbonyl (C=O) groups excluding carboxylic acids is 2. The molecule has 1 aromatic carbocycles. The molecule has 0 N–H and O–H groups in total. The van der Waals surface area contributed by atoms with Crippen LogP contribution in [0, 0.1) is 17.7 Å². The summed E-state index contributed by atoms with van der Waals surface area (Å²) in [5, 5.41) is 0. The number of hydrogen-bond donors (Lipinski definition) is 0. The predicted molar refractivity (Wildman–Crippen MR) is 88.5 cm³/mol. The first-order valence-electron chi connectivity index (χ1n) is 8.40. The fourth-order valence-corrected chi connectivity index (χ4v) is 3.64. The number of rotatable bonds is 4. The van der Waals surface area contributed by atoms with E-state index < -0.39 is 0 Å². The lowest BCUT2D eigenvalue weighted by atomic mass is 9.88. The lowest BCUT2D eigenvalue weighted by Gasteiger charge is -2.34. The van der Waals surface area contributed by atoms with Gasteiger partial charge in [0.1, 0.15) is 5.82 Å². The predicted octanol–water partition coefficient (Wildman–Crippen LogP) is 1.19. The van der Waals surface area contributed by atoms with Crippen molar-refractivity contribution in [1.82, 2.24) is 14.7 Å². The summed E-state index contributed by atoms with van der Waals surface area (Å²) in [4.78, 5) is 30.0. The molecule has 0 unspecified atom stereocenters. The molecule has 2 heterocycles. The normalized spacial score (nSPS) is 24.1. The molecule has 0 aromatic heterocycles. The fourth-order valence-electron chi connectivity index (χ4n) is 3.64. The van der Waals surface area contributed by atoms with Gasteiger partial charge in [0.05, 0.1) is 12.5 Å². The smallest absolute Gasteiger partial charge is 0.241 e. The molecule has 0 aliphatic carbocycles. The van der Waals surface area contributed by atoms with Gasteiger partial charge in [-0.25, -0.2) is 4.39 Å². The maximum absolute atomic E-state index is 13.0. The SMILES string of the molecule is CN(C)C(=O)CN1CC[C@H]2CN(Cc3ccc(F)cc3)C[C@@H]2C1=O. The molecule has 5 nitrogen and oxygen atoms in total. The van der Waals surface area contributed by atoms with Gasteiger partial charge in [-0.05, 0) is 30.0 Å². The highest BCUT2D eigenvalue weighted by atomic mass is 19.1. The van der Waals surface area contributed by atoms with Crippen LogP contribution < -0.4 is 0 Å². The van der Waals surface area contributed by atoms with E-state index in [1.807, 2.05) is 0 Å². The molecule has 1 aromatic rings. The molecule has 0 radical (unpaired) electrons. The van der Waals surface area contributed by atoms with E-state index in [2.05, 4.69) is 4.90 Å². The van der Waals surface area contributed by atoms with E-state index in [1.165, 1.54) is 17.0 Å². The number of carbonyl (C=O) groups is 2. The van der Waals surface area contributed by atoms with Crippen LogP contribution in [0.15, 0.2) is 24.3 Å². The minimum atomic E-state index is -0.231. The Morgan fingerprint density at radius 3 is 2.62 bits per heavy atom. The summed E-state index contributed by atoms with van der Waals surface area (Å²) in [6.07, 6.45) is 0.942. The molecular formula is C18H24FN3O2. The second-order valence-electron chi connectivity index (χ2n) is 7.02. The molecule has 24 heavy (non-hydrogen) atoms. The van der Waals surface area contributed by atoms with E-state index in [4.69, 9.17) is 0 Å². The molecule has 130 valence electrons. The first kappa shape index (κ1) is 16.9. The summed E-state index contributed by atoms with van der Waals surface area (Å²) in [6, 6.07) is 6.53. The standard InChI is InChI=1S/C18H24FN3O2/c1-20(2)17(23)12-22-8-7-14-10-21(11-16(14)18(22)24)9-13-3-5-15(19)6-4-13/h3-6,14,16H,7-12H2,1-2H3/t14-,16-/m0/s1. The summed E-state index contributed by atoms with van der Waals surface area (Å²) in [6.45, 7) is 3.17. The number of likely N-dealkylation sites (N-methyl/N-ethyl adjacent to an activating group) is 1. The Bertz CT molecular complexity index is 617. The Morgan fingerprint density at radius 2 is 1.96 bits per heavy atom. The quantitative estimate of drug-likeness (QED) is 0.831. The molecule has 2 saturated heterocycles. The van der Waals surface area contributed by atoms with Gasteiger partial charge in [-0.1, -0.05) is 12.1 Å². The van der Waals surface area contributed by atoms with Crippen LogP contribution in [-0.4, -0.2) is 66.8 Å². The molecule has 2 amide bonds. The molecule has 6 heteroatoms. The number of halogens is 1. The third kappa shape index (κ3) is 3.59. The molecule has 0 bridgehead atoms. The summed E-state index contributed by atoms with van der Waals surface area (Å²) >= 11 is 0. The number of amides is 2. The third-order valence-electron chi connectivity index (χ3n) is 5.06. The lowest BCUT2D eigenvalue weighted by molar-refractivity contribution is -0.145.